The van der Waals surface area contributed by atoms with Crippen LogP contribution in [0.4, 0.5) is 0 Å². The maximum absolute atomic E-state index is 12.0. The molecule has 1 aromatic heterocycles. The highest BCUT2D eigenvalue weighted by Crippen LogP contribution is 2.38. The van der Waals surface area contributed by atoms with E-state index in [0.717, 1.165) is 11.0 Å². The van der Waals surface area contributed by atoms with E-state index in [9.17, 15) is 9.59 Å². The van der Waals surface area contributed by atoms with Crippen LogP contribution in [0.3, 0.4) is 0 Å². The third-order valence-electron chi connectivity index (χ3n) is 4.91. The Morgan fingerprint density at radius 3 is 2.40 bits per heavy atom. The summed E-state index contributed by atoms with van der Waals surface area (Å²) >= 11 is 0. The van der Waals surface area contributed by atoms with E-state index in [1.807, 2.05) is 33.8 Å². The van der Waals surface area contributed by atoms with Crippen LogP contribution in [-0.4, -0.2) is 34.8 Å². The summed E-state index contributed by atoms with van der Waals surface area (Å²) in [6.45, 7) is 8.18. The molecule has 0 bridgehead atoms. The van der Waals surface area contributed by atoms with Crippen molar-refractivity contribution in [1.29, 1.82) is 0 Å². The van der Waals surface area contributed by atoms with E-state index in [0.29, 0.717) is 10.9 Å². The SMILES string of the molecule is CC1(C)OB(C(=Cc2ccc3[nH]c(=O)[nH]c(=O)c3c2)CN)OC1(C)C. The van der Waals surface area contributed by atoms with Gasteiger partial charge in [0.25, 0.3) is 5.56 Å². The van der Waals surface area contributed by atoms with Crippen molar-refractivity contribution < 1.29 is 9.31 Å². The van der Waals surface area contributed by atoms with Gasteiger partial charge in [-0.2, -0.15) is 0 Å². The lowest BCUT2D eigenvalue weighted by molar-refractivity contribution is 0.00578. The molecule has 1 saturated heterocycles. The summed E-state index contributed by atoms with van der Waals surface area (Å²) in [6, 6.07) is 5.19. The average Bonchev–Trinajstić information content (AvgIpc) is 2.73. The Balaban J connectivity index is 2.00. The molecule has 1 aromatic carbocycles. The van der Waals surface area contributed by atoms with Crippen LogP contribution in [0.15, 0.2) is 33.3 Å². The Morgan fingerprint density at radius 2 is 1.80 bits per heavy atom. The van der Waals surface area contributed by atoms with Gasteiger partial charge in [-0.05, 0) is 50.9 Å². The first kappa shape index (κ1) is 17.7. The fraction of sp³-hybridized carbons (Fsp3) is 0.412. The van der Waals surface area contributed by atoms with E-state index < -0.39 is 29.6 Å². The highest BCUT2D eigenvalue weighted by Gasteiger charge is 2.52. The number of aromatic amines is 2. The Morgan fingerprint density at radius 1 is 1.16 bits per heavy atom. The topological polar surface area (TPSA) is 110 Å². The molecular formula is C17H22BN3O4. The van der Waals surface area contributed by atoms with Crippen molar-refractivity contribution in [3.05, 3.63) is 50.1 Å². The van der Waals surface area contributed by atoms with E-state index in [1.165, 1.54) is 0 Å². The molecule has 2 heterocycles. The Hall–Kier alpha value is -2.16. The molecule has 1 aliphatic heterocycles. The van der Waals surface area contributed by atoms with Gasteiger partial charge in [0, 0.05) is 6.54 Å². The maximum atomic E-state index is 12.0. The first-order valence-corrected chi connectivity index (χ1v) is 8.15. The molecule has 7 nitrogen and oxygen atoms in total. The second kappa shape index (κ2) is 5.98. The van der Waals surface area contributed by atoms with E-state index in [-0.39, 0.29) is 6.54 Å². The van der Waals surface area contributed by atoms with Gasteiger partial charge in [0.15, 0.2) is 0 Å². The predicted octanol–water partition coefficient (Wildman–Crippen LogP) is 1.19. The molecule has 25 heavy (non-hydrogen) atoms. The number of benzene rings is 1. The van der Waals surface area contributed by atoms with Crippen LogP contribution in [0.1, 0.15) is 33.3 Å². The number of hydrogen-bond acceptors (Lipinski definition) is 5. The van der Waals surface area contributed by atoms with Gasteiger partial charge >= 0.3 is 12.8 Å². The zero-order valence-corrected chi connectivity index (χ0v) is 14.8. The van der Waals surface area contributed by atoms with Crippen molar-refractivity contribution in [3.63, 3.8) is 0 Å². The molecule has 8 heteroatoms. The number of fused-ring (bicyclic) bond motifs is 1. The third kappa shape index (κ3) is 3.20. The number of hydrogen-bond donors (Lipinski definition) is 3. The number of nitrogens with two attached hydrogens (primary N) is 1. The lowest BCUT2D eigenvalue weighted by Gasteiger charge is -2.32. The van der Waals surface area contributed by atoms with E-state index in [4.69, 9.17) is 15.0 Å². The van der Waals surface area contributed by atoms with Crippen LogP contribution in [0.25, 0.3) is 17.0 Å². The van der Waals surface area contributed by atoms with Crippen molar-refractivity contribution in [2.24, 2.45) is 5.73 Å². The molecule has 3 rings (SSSR count). The minimum Gasteiger partial charge on any atom is -0.400 e. The Bertz CT molecular complexity index is 942. The van der Waals surface area contributed by atoms with Gasteiger partial charge in [-0.1, -0.05) is 12.1 Å². The molecule has 0 unspecified atom stereocenters. The van der Waals surface area contributed by atoms with Crippen molar-refractivity contribution in [3.8, 4) is 0 Å². The quantitative estimate of drug-likeness (QED) is 0.725. The van der Waals surface area contributed by atoms with Crippen molar-refractivity contribution >= 4 is 24.1 Å². The largest absolute Gasteiger partial charge is 0.491 e. The Kier molecular flexibility index (Phi) is 4.22. The molecule has 2 aromatic rings. The molecule has 132 valence electrons. The van der Waals surface area contributed by atoms with Gasteiger partial charge < -0.3 is 20.0 Å². The second-order valence-electron chi connectivity index (χ2n) is 7.22. The predicted molar refractivity (Wildman–Crippen MR) is 98.3 cm³/mol. The molecule has 0 aliphatic carbocycles. The van der Waals surface area contributed by atoms with E-state index >= 15 is 0 Å². The number of nitrogens with one attached hydrogen (secondary N) is 2. The third-order valence-corrected chi connectivity index (χ3v) is 4.91. The van der Waals surface area contributed by atoms with Crippen molar-refractivity contribution in [2.45, 2.75) is 38.9 Å². The lowest BCUT2D eigenvalue weighted by Crippen LogP contribution is -2.41. The zero-order chi connectivity index (χ0) is 18.4. The van der Waals surface area contributed by atoms with Gasteiger partial charge in [0.2, 0.25) is 0 Å². The highest BCUT2D eigenvalue weighted by atomic mass is 16.7. The van der Waals surface area contributed by atoms with Crippen LogP contribution in [-0.2, 0) is 9.31 Å². The molecule has 1 aliphatic rings. The summed E-state index contributed by atoms with van der Waals surface area (Å²) in [4.78, 5) is 28.1. The van der Waals surface area contributed by atoms with Crippen LogP contribution < -0.4 is 17.0 Å². The number of rotatable bonds is 3. The van der Waals surface area contributed by atoms with Gasteiger partial charge in [0.1, 0.15) is 0 Å². The van der Waals surface area contributed by atoms with Crippen LogP contribution in [0.2, 0.25) is 0 Å². The number of aromatic nitrogens is 2. The van der Waals surface area contributed by atoms with Gasteiger partial charge in [-0.3, -0.25) is 9.78 Å². The standard InChI is InChI=1S/C17H22BN3O4/c1-16(2)17(3,4)25-18(24-16)11(9-19)7-10-5-6-13-12(8-10)14(22)21-15(23)20-13/h5-8H,9,19H2,1-4H3,(H2,20,21,22,23). The first-order chi connectivity index (χ1) is 11.6. The summed E-state index contributed by atoms with van der Waals surface area (Å²) in [5.74, 6) is 0. The lowest BCUT2D eigenvalue weighted by atomic mass is 9.77. The smallest absolute Gasteiger partial charge is 0.400 e. The molecule has 0 spiro atoms. The number of H-pyrrole nitrogens is 2. The summed E-state index contributed by atoms with van der Waals surface area (Å²) in [5, 5.41) is 0.402. The fourth-order valence-electron chi connectivity index (χ4n) is 2.70. The summed E-state index contributed by atoms with van der Waals surface area (Å²) in [6.07, 6.45) is 1.85. The van der Waals surface area contributed by atoms with Crippen molar-refractivity contribution in [1.82, 2.24) is 9.97 Å². The second-order valence-corrected chi connectivity index (χ2v) is 7.22. The van der Waals surface area contributed by atoms with Crippen LogP contribution in [0, 0.1) is 0 Å². The maximum Gasteiger partial charge on any atom is 0.491 e. The normalized spacial score (nSPS) is 19.6. The minimum atomic E-state index is -0.542. The summed E-state index contributed by atoms with van der Waals surface area (Å²) in [7, 11) is -0.542. The van der Waals surface area contributed by atoms with E-state index in [1.54, 1.807) is 18.2 Å². The molecule has 4 N–H and O–H groups in total. The Labute approximate surface area is 145 Å². The zero-order valence-electron chi connectivity index (χ0n) is 14.8. The molecule has 0 atom stereocenters. The average molecular weight is 343 g/mol. The molecular weight excluding hydrogens is 321 g/mol. The minimum absolute atomic E-state index is 0.261. The van der Waals surface area contributed by atoms with Gasteiger partial charge in [0.05, 0.1) is 22.1 Å². The first-order valence-electron chi connectivity index (χ1n) is 8.15. The monoisotopic (exact) mass is 343 g/mol. The molecule has 0 amide bonds. The van der Waals surface area contributed by atoms with Crippen LogP contribution in [0.5, 0.6) is 0 Å². The molecule has 0 radical (unpaired) electrons. The van der Waals surface area contributed by atoms with Crippen LogP contribution >= 0.6 is 0 Å². The van der Waals surface area contributed by atoms with E-state index in [2.05, 4.69) is 9.97 Å². The summed E-state index contributed by atoms with van der Waals surface area (Å²) in [5.41, 5.74) is 6.07. The van der Waals surface area contributed by atoms with Gasteiger partial charge in [-0.15, -0.1) is 0 Å². The highest BCUT2D eigenvalue weighted by molar-refractivity contribution is 6.55. The fourth-order valence-corrected chi connectivity index (χ4v) is 2.70. The molecule has 1 fully saturated rings. The van der Waals surface area contributed by atoms with Gasteiger partial charge in [-0.25, -0.2) is 4.79 Å². The summed E-state index contributed by atoms with van der Waals surface area (Å²) < 4.78 is 12.1. The van der Waals surface area contributed by atoms with Crippen molar-refractivity contribution in [2.75, 3.05) is 6.54 Å². The molecule has 0 saturated carbocycles.